The number of hydrogen-bond donors (Lipinski definition) is 2. The van der Waals surface area contributed by atoms with E-state index >= 15 is 0 Å². The van der Waals surface area contributed by atoms with Crippen molar-refractivity contribution in [3.63, 3.8) is 0 Å². The number of phenolic OH excluding ortho intramolecular Hbond substituents is 1. The van der Waals surface area contributed by atoms with E-state index in [1.807, 2.05) is 24.3 Å². The van der Waals surface area contributed by atoms with Gasteiger partial charge >= 0.3 is 0 Å². The van der Waals surface area contributed by atoms with Crippen LogP contribution >= 0.6 is 0 Å². The van der Waals surface area contributed by atoms with Crippen LogP contribution in [0.2, 0.25) is 0 Å². The predicted molar refractivity (Wildman–Crippen MR) is 83.8 cm³/mol. The van der Waals surface area contributed by atoms with Gasteiger partial charge in [0.05, 0.1) is 12.1 Å². The molecule has 2 aromatic rings. The second-order valence-corrected chi connectivity index (χ2v) is 5.49. The average molecular weight is 298 g/mol. The Kier molecular flexibility index (Phi) is 3.96. The Balaban J connectivity index is 1.71. The monoisotopic (exact) mass is 298 g/mol. The minimum Gasteiger partial charge on any atom is -0.507 e. The van der Waals surface area contributed by atoms with Crippen LogP contribution in [0, 0.1) is 0 Å². The molecule has 0 unspecified atom stereocenters. The minimum atomic E-state index is -0.434. The summed E-state index contributed by atoms with van der Waals surface area (Å²) in [5.74, 6) is -0.591. The smallest absolute Gasteiger partial charge is 0.255 e. The third-order valence-electron chi connectivity index (χ3n) is 3.97. The molecule has 0 atom stereocenters. The molecule has 1 heterocycles. The molecule has 0 spiro atoms. The van der Waals surface area contributed by atoms with Crippen molar-refractivity contribution in [2.45, 2.75) is 12.8 Å². The van der Waals surface area contributed by atoms with E-state index in [4.69, 9.17) is 0 Å². The van der Waals surface area contributed by atoms with Crippen molar-refractivity contribution in [1.29, 1.82) is 0 Å². The molecule has 1 fully saturated rings. The van der Waals surface area contributed by atoms with Crippen LogP contribution in [-0.2, 0) is 4.79 Å². The van der Waals surface area contributed by atoms with E-state index in [-0.39, 0.29) is 23.8 Å². The molecule has 1 aliphatic heterocycles. The first kappa shape index (κ1) is 14.4. The zero-order valence-electron chi connectivity index (χ0n) is 12.2. The molecule has 22 heavy (non-hydrogen) atoms. The van der Waals surface area contributed by atoms with Crippen molar-refractivity contribution < 1.29 is 14.7 Å². The molecule has 1 saturated heterocycles. The maximum absolute atomic E-state index is 12.2. The molecule has 2 amide bonds. The molecule has 2 aromatic carbocycles. The lowest BCUT2D eigenvalue weighted by atomic mass is 10.1. The number of benzene rings is 2. The Morgan fingerprint density at radius 3 is 2.41 bits per heavy atom. The quantitative estimate of drug-likeness (QED) is 0.909. The predicted octanol–water partition coefficient (Wildman–Crippen LogP) is 1.90. The molecule has 114 valence electrons. The normalized spacial score (nSPS) is 14.3. The van der Waals surface area contributed by atoms with Crippen LogP contribution in [0.25, 0.3) is 10.8 Å². The summed E-state index contributed by atoms with van der Waals surface area (Å²) in [4.78, 5) is 25.9. The molecule has 5 heteroatoms. The molecule has 0 bridgehead atoms. The van der Waals surface area contributed by atoms with Gasteiger partial charge in [0, 0.05) is 13.1 Å². The van der Waals surface area contributed by atoms with Crippen LogP contribution in [0.1, 0.15) is 23.2 Å². The highest BCUT2D eigenvalue weighted by molar-refractivity contribution is 6.02. The number of hydrogen-bond acceptors (Lipinski definition) is 3. The lowest BCUT2D eigenvalue weighted by molar-refractivity contribution is -0.129. The van der Waals surface area contributed by atoms with Crippen molar-refractivity contribution in [3.8, 4) is 5.75 Å². The van der Waals surface area contributed by atoms with Gasteiger partial charge in [0.2, 0.25) is 5.91 Å². The molecular formula is C17H18N2O3. The van der Waals surface area contributed by atoms with Gasteiger partial charge in [0.15, 0.2) is 0 Å². The topological polar surface area (TPSA) is 69.6 Å². The van der Waals surface area contributed by atoms with E-state index in [1.54, 1.807) is 17.0 Å². The van der Waals surface area contributed by atoms with Crippen molar-refractivity contribution in [1.82, 2.24) is 10.2 Å². The molecule has 0 aromatic heterocycles. The lowest BCUT2D eigenvalue weighted by Crippen LogP contribution is -2.38. The van der Waals surface area contributed by atoms with E-state index in [9.17, 15) is 14.7 Å². The van der Waals surface area contributed by atoms with E-state index in [0.717, 1.165) is 36.7 Å². The standard InChI is InChI=1S/C17H18N2O3/c20-15-10-13-6-2-1-5-12(13)9-14(15)17(22)18-11-16(21)19-7-3-4-8-19/h1-2,5-6,9-10,20H,3-4,7-8,11H2,(H,18,22). The number of amides is 2. The van der Waals surface area contributed by atoms with Crippen LogP contribution in [0.4, 0.5) is 0 Å². The van der Waals surface area contributed by atoms with Gasteiger partial charge in [-0.05, 0) is 35.7 Å². The molecule has 5 nitrogen and oxygen atoms in total. The highest BCUT2D eigenvalue weighted by Crippen LogP contribution is 2.24. The zero-order chi connectivity index (χ0) is 15.5. The summed E-state index contributed by atoms with van der Waals surface area (Å²) in [5, 5.41) is 14.3. The Morgan fingerprint density at radius 2 is 1.73 bits per heavy atom. The van der Waals surface area contributed by atoms with Crippen LogP contribution < -0.4 is 5.32 Å². The van der Waals surface area contributed by atoms with Crippen molar-refractivity contribution in [2.75, 3.05) is 19.6 Å². The Morgan fingerprint density at radius 1 is 1.09 bits per heavy atom. The highest BCUT2D eigenvalue weighted by atomic mass is 16.3. The number of likely N-dealkylation sites (tertiary alicyclic amines) is 1. The third kappa shape index (κ3) is 2.88. The number of rotatable bonds is 3. The molecular weight excluding hydrogens is 280 g/mol. The highest BCUT2D eigenvalue weighted by Gasteiger charge is 2.19. The number of nitrogens with one attached hydrogen (secondary N) is 1. The summed E-state index contributed by atoms with van der Waals surface area (Å²) in [6.07, 6.45) is 2.04. The van der Waals surface area contributed by atoms with Crippen molar-refractivity contribution in [2.24, 2.45) is 0 Å². The van der Waals surface area contributed by atoms with Gasteiger partial charge in [-0.2, -0.15) is 0 Å². The maximum Gasteiger partial charge on any atom is 0.255 e. The second kappa shape index (κ2) is 6.05. The summed E-state index contributed by atoms with van der Waals surface area (Å²) >= 11 is 0. The molecule has 0 saturated carbocycles. The van der Waals surface area contributed by atoms with Crippen LogP contribution in [0.5, 0.6) is 5.75 Å². The van der Waals surface area contributed by atoms with E-state index in [1.165, 1.54) is 0 Å². The average Bonchev–Trinajstić information content (AvgIpc) is 3.06. The summed E-state index contributed by atoms with van der Waals surface area (Å²) in [5.41, 5.74) is 0.188. The van der Waals surface area contributed by atoms with E-state index < -0.39 is 5.91 Å². The first-order valence-corrected chi connectivity index (χ1v) is 7.43. The summed E-state index contributed by atoms with van der Waals surface area (Å²) in [7, 11) is 0. The lowest BCUT2D eigenvalue weighted by Gasteiger charge is -2.15. The van der Waals surface area contributed by atoms with Crippen LogP contribution in [0.15, 0.2) is 36.4 Å². The second-order valence-electron chi connectivity index (χ2n) is 5.49. The fourth-order valence-corrected chi connectivity index (χ4v) is 2.74. The summed E-state index contributed by atoms with van der Waals surface area (Å²) in [6, 6.07) is 10.7. The SMILES string of the molecule is O=C(NCC(=O)N1CCCC1)c1cc2ccccc2cc1O. The van der Waals surface area contributed by atoms with Gasteiger partial charge in [-0.3, -0.25) is 9.59 Å². The molecule has 0 radical (unpaired) electrons. The zero-order valence-corrected chi connectivity index (χ0v) is 12.2. The molecule has 2 N–H and O–H groups in total. The van der Waals surface area contributed by atoms with Crippen LogP contribution in [-0.4, -0.2) is 41.5 Å². The largest absolute Gasteiger partial charge is 0.507 e. The Hall–Kier alpha value is -2.56. The first-order chi connectivity index (χ1) is 10.6. The number of nitrogens with zero attached hydrogens (tertiary/aromatic N) is 1. The molecule has 1 aliphatic rings. The van der Waals surface area contributed by atoms with Gasteiger partial charge in [-0.25, -0.2) is 0 Å². The van der Waals surface area contributed by atoms with Gasteiger partial charge < -0.3 is 15.3 Å². The summed E-state index contributed by atoms with van der Waals surface area (Å²) in [6.45, 7) is 1.48. The van der Waals surface area contributed by atoms with Gasteiger partial charge in [-0.1, -0.05) is 24.3 Å². The Bertz CT molecular complexity index is 721. The number of carbonyl (C=O) groups excluding carboxylic acids is 2. The van der Waals surface area contributed by atoms with Gasteiger partial charge in [0.1, 0.15) is 5.75 Å². The maximum atomic E-state index is 12.2. The van der Waals surface area contributed by atoms with Gasteiger partial charge in [-0.15, -0.1) is 0 Å². The van der Waals surface area contributed by atoms with E-state index in [2.05, 4.69) is 5.32 Å². The van der Waals surface area contributed by atoms with Crippen LogP contribution in [0.3, 0.4) is 0 Å². The van der Waals surface area contributed by atoms with Crippen molar-refractivity contribution >= 4 is 22.6 Å². The molecule has 3 rings (SSSR count). The first-order valence-electron chi connectivity index (χ1n) is 7.43. The fraction of sp³-hybridized carbons (Fsp3) is 0.294. The minimum absolute atomic E-state index is 0.0366. The number of phenols is 1. The third-order valence-corrected chi connectivity index (χ3v) is 3.97. The molecule has 0 aliphatic carbocycles. The number of carbonyl (C=O) groups is 2. The fourth-order valence-electron chi connectivity index (χ4n) is 2.74. The van der Waals surface area contributed by atoms with Crippen molar-refractivity contribution in [3.05, 3.63) is 42.0 Å². The Labute approximate surface area is 128 Å². The number of aromatic hydroxyl groups is 1. The number of fused-ring (bicyclic) bond motifs is 1. The summed E-state index contributed by atoms with van der Waals surface area (Å²) < 4.78 is 0. The van der Waals surface area contributed by atoms with E-state index in [0.29, 0.717) is 0 Å². The van der Waals surface area contributed by atoms with Gasteiger partial charge in [0.25, 0.3) is 5.91 Å².